The first-order valence-corrected chi connectivity index (χ1v) is 11.3. The Hall–Kier alpha value is -3.82. The van der Waals surface area contributed by atoms with Crippen molar-refractivity contribution < 1.29 is 38.0 Å². The Labute approximate surface area is 209 Å². The molecule has 0 N–H and O–H groups in total. The quantitative estimate of drug-likeness (QED) is 0.249. The maximum atomic E-state index is 12.9. The van der Waals surface area contributed by atoms with Gasteiger partial charge in [0.25, 0.3) is 0 Å². The van der Waals surface area contributed by atoms with Crippen molar-refractivity contribution in [2.45, 2.75) is 6.61 Å². The fraction of sp³-hybridized carbons (Fsp3) is 0.154. The summed E-state index contributed by atoms with van der Waals surface area (Å²) in [6, 6.07) is 13.1. The Morgan fingerprint density at radius 2 is 1.86 bits per heavy atom. The van der Waals surface area contributed by atoms with E-state index in [1.165, 1.54) is 26.4 Å². The maximum Gasteiger partial charge on any atom is 0.343 e. The molecule has 2 heterocycles. The summed E-state index contributed by atoms with van der Waals surface area (Å²) in [7, 11) is 2.99. The molecule has 0 fully saturated rings. The van der Waals surface area contributed by atoms with Gasteiger partial charge >= 0.3 is 5.97 Å². The van der Waals surface area contributed by atoms with Gasteiger partial charge in [-0.25, -0.2) is 4.79 Å². The average Bonchev–Trinajstić information content (AvgIpc) is 3.17. The number of benzene rings is 3. The van der Waals surface area contributed by atoms with Gasteiger partial charge in [-0.1, -0.05) is 15.9 Å². The molecule has 2 aliphatic rings. The monoisotopic (exact) mass is 538 g/mol. The SMILES string of the molecule is COc1ccc(C(=O)Oc2ccc3c(c2)O/C(=C\c2cc(Br)cc4c2OCOC4)C3=O)cc1OC. The second-order valence-corrected chi connectivity index (χ2v) is 8.57. The van der Waals surface area contributed by atoms with Crippen molar-refractivity contribution in [3.05, 3.63) is 81.0 Å². The lowest BCUT2D eigenvalue weighted by molar-refractivity contribution is -0.0165. The number of hydrogen-bond acceptors (Lipinski definition) is 8. The molecule has 9 heteroatoms. The van der Waals surface area contributed by atoms with Gasteiger partial charge in [-0.2, -0.15) is 0 Å². The molecular formula is C26H19BrO8. The van der Waals surface area contributed by atoms with Gasteiger partial charge in [0, 0.05) is 21.7 Å². The zero-order chi connectivity index (χ0) is 24.5. The van der Waals surface area contributed by atoms with E-state index < -0.39 is 5.97 Å². The van der Waals surface area contributed by atoms with Gasteiger partial charge in [-0.3, -0.25) is 4.79 Å². The van der Waals surface area contributed by atoms with E-state index in [0.717, 1.165) is 10.0 Å². The number of esters is 1. The van der Waals surface area contributed by atoms with E-state index in [-0.39, 0.29) is 29.6 Å². The predicted octanol–water partition coefficient (Wildman–Crippen LogP) is 5.17. The largest absolute Gasteiger partial charge is 0.493 e. The van der Waals surface area contributed by atoms with E-state index in [4.69, 9.17) is 28.4 Å². The van der Waals surface area contributed by atoms with E-state index in [0.29, 0.717) is 40.7 Å². The minimum atomic E-state index is -0.592. The fourth-order valence-electron chi connectivity index (χ4n) is 3.82. The maximum absolute atomic E-state index is 12.9. The Morgan fingerprint density at radius 3 is 2.66 bits per heavy atom. The van der Waals surface area contributed by atoms with Crippen LogP contribution in [0.5, 0.6) is 28.7 Å². The van der Waals surface area contributed by atoms with Crippen molar-refractivity contribution in [3.8, 4) is 28.7 Å². The smallest absolute Gasteiger partial charge is 0.343 e. The van der Waals surface area contributed by atoms with E-state index >= 15 is 0 Å². The standard InChI is InChI=1S/C26H19BrO8/c1-30-20-6-3-14(9-22(20)31-2)26(29)34-18-4-5-19-21(11-18)35-23(24(19)28)10-15-7-17(27)8-16-12-32-13-33-25(15)16/h3-11H,12-13H2,1-2H3/b23-10-. The van der Waals surface area contributed by atoms with Crippen LogP contribution < -0.4 is 23.7 Å². The summed E-state index contributed by atoms with van der Waals surface area (Å²) < 4.78 is 33.5. The van der Waals surface area contributed by atoms with Crippen molar-refractivity contribution in [2.75, 3.05) is 21.0 Å². The summed E-state index contributed by atoms with van der Waals surface area (Å²) in [5.74, 6) is 1.35. The number of carbonyl (C=O) groups excluding carboxylic acids is 2. The fourth-order valence-corrected chi connectivity index (χ4v) is 4.34. The topological polar surface area (TPSA) is 89.5 Å². The van der Waals surface area contributed by atoms with Crippen LogP contribution in [-0.2, 0) is 11.3 Å². The molecule has 0 amide bonds. The van der Waals surface area contributed by atoms with Gasteiger partial charge in [0.15, 0.2) is 24.1 Å². The number of fused-ring (bicyclic) bond motifs is 2. The van der Waals surface area contributed by atoms with E-state index in [1.807, 2.05) is 12.1 Å². The highest BCUT2D eigenvalue weighted by atomic mass is 79.9. The van der Waals surface area contributed by atoms with Crippen molar-refractivity contribution in [3.63, 3.8) is 0 Å². The Bertz CT molecular complexity index is 1380. The number of ketones is 1. The normalized spacial score (nSPS) is 15.1. The van der Waals surface area contributed by atoms with Crippen molar-refractivity contribution in [2.24, 2.45) is 0 Å². The molecule has 0 saturated carbocycles. The first kappa shape index (κ1) is 22.9. The number of Topliss-reactive ketones (excluding diaryl/α,β-unsaturated/α-hetero) is 1. The van der Waals surface area contributed by atoms with Crippen molar-refractivity contribution >= 4 is 33.8 Å². The van der Waals surface area contributed by atoms with Gasteiger partial charge in [0.2, 0.25) is 5.78 Å². The summed E-state index contributed by atoms with van der Waals surface area (Å²) in [4.78, 5) is 25.6. The summed E-state index contributed by atoms with van der Waals surface area (Å²) in [6.45, 7) is 0.545. The Kier molecular flexibility index (Phi) is 6.19. The summed E-state index contributed by atoms with van der Waals surface area (Å²) in [5, 5.41) is 0. The zero-order valence-electron chi connectivity index (χ0n) is 18.8. The van der Waals surface area contributed by atoms with Crippen LogP contribution in [0.3, 0.4) is 0 Å². The van der Waals surface area contributed by atoms with Gasteiger partial charge < -0.3 is 28.4 Å². The van der Waals surface area contributed by atoms with Crippen LogP contribution in [0.25, 0.3) is 6.08 Å². The van der Waals surface area contributed by atoms with E-state index in [9.17, 15) is 9.59 Å². The summed E-state index contributed by atoms with van der Waals surface area (Å²) in [5.41, 5.74) is 2.21. The molecule has 0 spiro atoms. The molecule has 0 radical (unpaired) electrons. The number of halogens is 1. The molecule has 0 aromatic heterocycles. The summed E-state index contributed by atoms with van der Waals surface area (Å²) in [6.07, 6.45) is 1.63. The highest BCUT2D eigenvalue weighted by Crippen LogP contribution is 2.38. The summed E-state index contributed by atoms with van der Waals surface area (Å²) >= 11 is 3.47. The lowest BCUT2D eigenvalue weighted by Crippen LogP contribution is -2.12. The number of carbonyl (C=O) groups is 2. The van der Waals surface area contributed by atoms with Crippen LogP contribution in [0, 0.1) is 0 Å². The number of methoxy groups -OCH3 is 2. The molecule has 3 aromatic rings. The number of hydrogen-bond donors (Lipinski definition) is 0. The van der Waals surface area contributed by atoms with Crippen molar-refractivity contribution in [1.29, 1.82) is 0 Å². The predicted molar refractivity (Wildman–Crippen MR) is 128 cm³/mol. The number of allylic oxidation sites excluding steroid dienone is 1. The van der Waals surface area contributed by atoms with Crippen LogP contribution >= 0.6 is 15.9 Å². The highest BCUT2D eigenvalue weighted by molar-refractivity contribution is 9.10. The van der Waals surface area contributed by atoms with Crippen LogP contribution in [-0.4, -0.2) is 32.8 Å². The van der Waals surface area contributed by atoms with Gasteiger partial charge in [0.05, 0.1) is 32.0 Å². The van der Waals surface area contributed by atoms with Gasteiger partial charge in [-0.05, 0) is 48.5 Å². The zero-order valence-corrected chi connectivity index (χ0v) is 20.3. The molecule has 5 rings (SSSR count). The Morgan fingerprint density at radius 1 is 1.03 bits per heavy atom. The lowest BCUT2D eigenvalue weighted by Gasteiger charge is -2.20. The van der Waals surface area contributed by atoms with Crippen LogP contribution in [0.1, 0.15) is 31.8 Å². The number of ether oxygens (including phenoxy) is 6. The molecule has 0 bridgehead atoms. The first-order chi connectivity index (χ1) is 17.0. The molecule has 0 atom stereocenters. The average molecular weight is 539 g/mol. The van der Waals surface area contributed by atoms with Crippen LogP contribution in [0.4, 0.5) is 0 Å². The molecule has 3 aromatic carbocycles. The molecule has 35 heavy (non-hydrogen) atoms. The molecule has 8 nitrogen and oxygen atoms in total. The lowest BCUT2D eigenvalue weighted by atomic mass is 10.1. The molecule has 0 unspecified atom stereocenters. The van der Waals surface area contributed by atoms with Crippen LogP contribution in [0.15, 0.2) is 58.8 Å². The van der Waals surface area contributed by atoms with E-state index in [2.05, 4.69) is 15.9 Å². The second kappa shape index (κ2) is 9.44. The van der Waals surface area contributed by atoms with Crippen molar-refractivity contribution in [1.82, 2.24) is 0 Å². The third kappa shape index (κ3) is 4.48. The molecule has 2 aliphatic heterocycles. The number of rotatable bonds is 5. The Balaban J connectivity index is 1.38. The minimum absolute atomic E-state index is 0.134. The first-order valence-electron chi connectivity index (χ1n) is 10.5. The third-order valence-electron chi connectivity index (χ3n) is 5.46. The second-order valence-electron chi connectivity index (χ2n) is 7.65. The van der Waals surface area contributed by atoms with E-state index in [1.54, 1.807) is 30.3 Å². The highest BCUT2D eigenvalue weighted by Gasteiger charge is 2.29. The molecule has 0 saturated heterocycles. The van der Waals surface area contributed by atoms with Gasteiger partial charge in [-0.15, -0.1) is 0 Å². The van der Waals surface area contributed by atoms with Crippen LogP contribution in [0.2, 0.25) is 0 Å². The minimum Gasteiger partial charge on any atom is -0.493 e. The molecule has 178 valence electrons. The third-order valence-corrected chi connectivity index (χ3v) is 5.92. The van der Waals surface area contributed by atoms with Gasteiger partial charge in [0.1, 0.15) is 17.2 Å². The molecule has 0 aliphatic carbocycles. The molecular weight excluding hydrogens is 520 g/mol.